The number of anilines is 1. The summed E-state index contributed by atoms with van der Waals surface area (Å²) in [5.41, 5.74) is 1.91. The molecule has 0 N–H and O–H groups in total. The molecule has 0 saturated carbocycles. The second-order valence-electron chi connectivity index (χ2n) is 6.18. The first kappa shape index (κ1) is 17.4. The van der Waals surface area contributed by atoms with Gasteiger partial charge in [-0.25, -0.2) is 19.2 Å². The summed E-state index contributed by atoms with van der Waals surface area (Å²) in [7, 11) is 0. The van der Waals surface area contributed by atoms with Crippen molar-refractivity contribution in [2.45, 2.75) is 12.5 Å². The van der Waals surface area contributed by atoms with E-state index in [1.54, 1.807) is 30.6 Å². The molecule has 2 aromatic rings. The molecule has 0 radical (unpaired) electrons. The third-order valence-electron chi connectivity index (χ3n) is 4.39. The fraction of sp³-hybridized carbons (Fsp3) is 0.316. The first-order valence-corrected chi connectivity index (χ1v) is 8.65. The Morgan fingerprint density at radius 1 is 1.30 bits per heavy atom. The Bertz CT molecular complexity index is 859. The lowest BCUT2D eigenvalue weighted by Gasteiger charge is -2.17. The van der Waals surface area contributed by atoms with E-state index in [0.29, 0.717) is 30.9 Å². The Morgan fingerprint density at radius 2 is 2.15 bits per heavy atom. The van der Waals surface area contributed by atoms with E-state index in [4.69, 9.17) is 14.2 Å². The van der Waals surface area contributed by atoms with E-state index in [1.807, 2.05) is 6.08 Å². The van der Waals surface area contributed by atoms with Crippen LogP contribution in [-0.4, -0.2) is 48.5 Å². The van der Waals surface area contributed by atoms with Crippen molar-refractivity contribution < 1.29 is 23.4 Å². The van der Waals surface area contributed by atoms with Crippen molar-refractivity contribution in [3.05, 3.63) is 54.1 Å². The van der Waals surface area contributed by atoms with Crippen LogP contribution in [0.4, 0.5) is 14.9 Å². The highest BCUT2D eigenvalue weighted by Gasteiger charge is 2.33. The van der Waals surface area contributed by atoms with E-state index in [9.17, 15) is 9.18 Å². The summed E-state index contributed by atoms with van der Waals surface area (Å²) < 4.78 is 30.6. The van der Waals surface area contributed by atoms with Crippen LogP contribution in [0.3, 0.4) is 0 Å². The van der Waals surface area contributed by atoms with Crippen molar-refractivity contribution in [3.63, 3.8) is 0 Å². The van der Waals surface area contributed by atoms with Crippen LogP contribution in [-0.2, 0) is 9.47 Å². The van der Waals surface area contributed by atoms with Crippen molar-refractivity contribution in [1.82, 2.24) is 9.97 Å². The number of ether oxygens (including phenoxy) is 3. The maximum atomic E-state index is 14.6. The SMILES string of the molecule is O=C1O[C@@H](COc2ncccn2)CN1c1ccc(C2=CCOCC2)c(F)c1. The second-order valence-corrected chi connectivity index (χ2v) is 6.18. The third kappa shape index (κ3) is 3.90. The van der Waals surface area contributed by atoms with Crippen molar-refractivity contribution in [2.75, 3.05) is 31.3 Å². The molecule has 7 nitrogen and oxygen atoms in total. The van der Waals surface area contributed by atoms with E-state index in [1.165, 1.54) is 11.0 Å². The van der Waals surface area contributed by atoms with Gasteiger partial charge in [-0.2, -0.15) is 0 Å². The Balaban J connectivity index is 1.43. The molecule has 1 amide bonds. The van der Waals surface area contributed by atoms with Crippen LogP contribution in [0.1, 0.15) is 12.0 Å². The molecular weight excluding hydrogens is 353 g/mol. The third-order valence-corrected chi connectivity index (χ3v) is 4.39. The Kier molecular flexibility index (Phi) is 4.97. The first-order valence-electron chi connectivity index (χ1n) is 8.65. The van der Waals surface area contributed by atoms with Crippen LogP contribution in [0.25, 0.3) is 5.57 Å². The second kappa shape index (κ2) is 7.71. The van der Waals surface area contributed by atoms with Gasteiger partial charge in [0.15, 0.2) is 6.10 Å². The number of aromatic nitrogens is 2. The van der Waals surface area contributed by atoms with Gasteiger partial charge in [0.1, 0.15) is 12.4 Å². The van der Waals surface area contributed by atoms with Crippen molar-refractivity contribution in [3.8, 4) is 6.01 Å². The van der Waals surface area contributed by atoms with Gasteiger partial charge in [0.25, 0.3) is 0 Å². The Morgan fingerprint density at radius 3 is 2.89 bits per heavy atom. The van der Waals surface area contributed by atoms with Gasteiger partial charge in [-0.1, -0.05) is 6.08 Å². The van der Waals surface area contributed by atoms with E-state index in [2.05, 4.69) is 9.97 Å². The summed E-state index contributed by atoms with van der Waals surface area (Å²) in [6.07, 6.45) is 4.66. The Labute approximate surface area is 155 Å². The average Bonchev–Trinajstić information content (AvgIpc) is 3.08. The molecule has 27 heavy (non-hydrogen) atoms. The summed E-state index contributed by atoms with van der Waals surface area (Å²) in [6.45, 7) is 1.46. The molecule has 0 spiro atoms. The van der Waals surface area contributed by atoms with E-state index in [-0.39, 0.29) is 25.0 Å². The van der Waals surface area contributed by atoms with Crippen molar-refractivity contribution in [2.24, 2.45) is 0 Å². The molecule has 1 saturated heterocycles. The molecule has 8 heteroatoms. The van der Waals surface area contributed by atoms with E-state index in [0.717, 1.165) is 5.57 Å². The van der Waals surface area contributed by atoms with Gasteiger partial charge in [0, 0.05) is 18.0 Å². The van der Waals surface area contributed by atoms with Crippen molar-refractivity contribution in [1.29, 1.82) is 0 Å². The monoisotopic (exact) mass is 371 g/mol. The number of hydrogen-bond donors (Lipinski definition) is 0. The van der Waals surface area contributed by atoms with Gasteiger partial charge < -0.3 is 14.2 Å². The maximum Gasteiger partial charge on any atom is 0.414 e. The van der Waals surface area contributed by atoms with Gasteiger partial charge >= 0.3 is 12.1 Å². The number of hydrogen-bond acceptors (Lipinski definition) is 6. The topological polar surface area (TPSA) is 73.8 Å². The minimum absolute atomic E-state index is 0.125. The predicted molar refractivity (Wildman–Crippen MR) is 95.0 cm³/mol. The molecule has 0 unspecified atom stereocenters. The summed E-state index contributed by atoms with van der Waals surface area (Å²) in [5, 5.41) is 0. The van der Waals surface area contributed by atoms with Crippen LogP contribution in [0.15, 0.2) is 42.7 Å². The number of halogens is 1. The van der Waals surface area contributed by atoms with Crippen LogP contribution >= 0.6 is 0 Å². The lowest BCUT2D eigenvalue weighted by atomic mass is 10.0. The number of rotatable bonds is 5. The van der Waals surface area contributed by atoms with Gasteiger partial charge in [-0.3, -0.25) is 4.90 Å². The number of carbonyl (C=O) groups is 1. The van der Waals surface area contributed by atoms with Crippen LogP contribution in [0.2, 0.25) is 0 Å². The number of cyclic esters (lactones) is 1. The molecule has 1 atom stereocenters. The lowest BCUT2D eigenvalue weighted by molar-refractivity contribution is 0.101. The fourth-order valence-corrected chi connectivity index (χ4v) is 3.05. The summed E-state index contributed by atoms with van der Waals surface area (Å²) in [5.74, 6) is -0.370. The zero-order chi connectivity index (χ0) is 18.6. The molecule has 140 valence electrons. The van der Waals surface area contributed by atoms with E-state index >= 15 is 0 Å². The van der Waals surface area contributed by atoms with Gasteiger partial charge in [-0.05, 0) is 36.3 Å². The molecule has 1 fully saturated rings. The number of benzene rings is 1. The maximum absolute atomic E-state index is 14.6. The minimum Gasteiger partial charge on any atom is -0.459 e. The quantitative estimate of drug-likeness (QED) is 0.805. The molecule has 0 aliphatic carbocycles. The lowest BCUT2D eigenvalue weighted by Crippen LogP contribution is -2.27. The number of nitrogens with zero attached hydrogens (tertiary/aromatic N) is 3. The molecule has 2 aliphatic rings. The fourth-order valence-electron chi connectivity index (χ4n) is 3.05. The van der Waals surface area contributed by atoms with Gasteiger partial charge in [-0.15, -0.1) is 0 Å². The number of carbonyl (C=O) groups excluding carboxylic acids is 1. The minimum atomic E-state index is -0.532. The standard InChI is InChI=1S/C19H18FN3O4/c20-17-10-14(2-3-16(17)13-4-8-25-9-5-13)23-11-15(27-19(23)24)12-26-18-21-6-1-7-22-18/h1-4,6-7,10,15H,5,8-9,11-12H2/t15-/m1/s1. The highest BCUT2D eigenvalue weighted by Crippen LogP contribution is 2.29. The van der Waals surface area contributed by atoms with Gasteiger partial charge in [0.05, 0.1) is 25.4 Å². The summed E-state index contributed by atoms with van der Waals surface area (Å²) in [4.78, 5) is 21.5. The Hall–Kier alpha value is -3.00. The van der Waals surface area contributed by atoms with E-state index < -0.39 is 12.2 Å². The van der Waals surface area contributed by atoms with Crippen LogP contribution in [0.5, 0.6) is 6.01 Å². The van der Waals surface area contributed by atoms with Crippen LogP contribution < -0.4 is 9.64 Å². The summed E-state index contributed by atoms with van der Waals surface area (Å²) >= 11 is 0. The molecule has 0 bridgehead atoms. The first-order chi connectivity index (χ1) is 13.2. The van der Waals surface area contributed by atoms with Gasteiger partial charge in [0.2, 0.25) is 0 Å². The molecule has 1 aromatic carbocycles. The molecular formula is C19H18FN3O4. The highest BCUT2D eigenvalue weighted by molar-refractivity contribution is 5.90. The molecule has 4 rings (SSSR count). The number of amides is 1. The van der Waals surface area contributed by atoms with Crippen molar-refractivity contribution >= 4 is 17.4 Å². The average molecular weight is 371 g/mol. The van der Waals surface area contributed by atoms with Crippen LogP contribution in [0, 0.1) is 5.82 Å². The zero-order valence-electron chi connectivity index (χ0n) is 14.5. The summed E-state index contributed by atoms with van der Waals surface area (Å²) in [6, 6.07) is 6.66. The molecule has 3 heterocycles. The zero-order valence-corrected chi connectivity index (χ0v) is 14.5. The normalized spacial score (nSPS) is 19.6. The molecule has 1 aromatic heterocycles. The highest BCUT2D eigenvalue weighted by atomic mass is 19.1. The smallest absolute Gasteiger partial charge is 0.414 e. The largest absolute Gasteiger partial charge is 0.459 e. The predicted octanol–water partition coefficient (Wildman–Crippen LogP) is 2.82. The molecule has 2 aliphatic heterocycles.